The first-order valence-electron chi connectivity index (χ1n) is 6.19. The zero-order chi connectivity index (χ0) is 13.9. The van der Waals surface area contributed by atoms with Gasteiger partial charge in [0.25, 0.3) is 5.91 Å². The Labute approximate surface area is 115 Å². The lowest BCUT2D eigenvalue weighted by Gasteiger charge is -2.00. The normalized spacial score (nSPS) is 10.4. The maximum atomic E-state index is 12.4. The molecule has 0 fully saturated rings. The van der Waals surface area contributed by atoms with Crippen LogP contribution in [-0.2, 0) is 0 Å². The van der Waals surface area contributed by atoms with Gasteiger partial charge in [0.15, 0.2) is 5.82 Å². The molecule has 5 heteroatoms. The molecule has 0 aliphatic heterocycles. The number of aromatic nitrogens is 4. The maximum Gasteiger partial charge on any atom is 0.279 e. The van der Waals surface area contributed by atoms with Crippen molar-refractivity contribution in [1.82, 2.24) is 19.7 Å². The third-order valence-corrected chi connectivity index (χ3v) is 2.92. The van der Waals surface area contributed by atoms with Crippen LogP contribution in [0.3, 0.4) is 0 Å². The second kappa shape index (κ2) is 5.05. The van der Waals surface area contributed by atoms with Crippen molar-refractivity contribution >= 4 is 5.91 Å². The van der Waals surface area contributed by atoms with Crippen molar-refractivity contribution in [2.45, 2.75) is 6.92 Å². The van der Waals surface area contributed by atoms with Crippen LogP contribution in [0, 0.1) is 6.92 Å². The van der Waals surface area contributed by atoms with Crippen molar-refractivity contribution in [1.29, 1.82) is 0 Å². The minimum atomic E-state index is -0.184. The van der Waals surface area contributed by atoms with Gasteiger partial charge in [-0.3, -0.25) is 9.78 Å². The summed E-state index contributed by atoms with van der Waals surface area (Å²) in [6.07, 6.45) is 3.34. The van der Waals surface area contributed by atoms with E-state index >= 15 is 0 Å². The van der Waals surface area contributed by atoms with Crippen molar-refractivity contribution in [3.05, 3.63) is 66.2 Å². The van der Waals surface area contributed by atoms with Gasteiger partial charge in [-0.1, -0.05) is 18.2 Å². The molecule has 0 atom stereocenters. The van der Waals surface area contributed by atoms with Crippen LogP contribution >= 0.6 is 0 Å². The molecule has 98 valence electrons. The summed E-state index contributed by atoms with van der Waals surface area (Å²) in [5, 5.41) is 4.28. The van der Waals surface area contributed by atoms with Crippen LogP contribution in [0.4, 0.5) is 0 Å². The van der Waals surface area contributed by atoms with Crippen molar-refractivity contribution < 1.29 is 4.79 Å². The highest BCUT2D eigenvalue weighted by Crippen LogP contribution is 2.15. The number of carbonyl (C=O) groups excluding carboxylic acids is 1. The number of hydrogen-bond acceptors (Lipinski definition) is 4. The zero-order valence-electron chi connectivity index (χ0n) is 10.9. The molecular formula is C15H12N4O. The molecule has 0 aliphatic rings. The van der Waals surface area contributed by atoms with Crippen LogP contribution in [0.25, 0.3) is 11.4 Å². The average Bonchev–Trinajstić information content (AvgIpc) is 2.90. The van der Waals surface area contributed by atoms with Crippen LogP contribution in [-0.4, -0.2) is 25.7 Å². The summed E-state index contributed by atoms with van der Waals surface area (Å²) in [5.41, 5.74) is 1.42. The molecule has 5 nitrogen and oxygen atoms in total. The molecule has 0 radical (unpaired) electrons. The molecule has 1 aromatic carbocycles. The Morgan fingerprint density at radius 3 is 2.45 bits per heavy atom. The van der Waals surface area contributed by atoms with Gasteiger partial charge in [0.05, 0.1) is 0 Å². The third kappa shape index (κ3) is 2.21. The van der Waals surface area contributed by atoms with Gasteiger partial charge in [0, 0.05) is 23.5 Å². The fourth-order valence-electron chi connectivity index (χ4n) is 1.91. The standard InChI is InChI=1S/C15H12N4O/c1-11-17-14(12-7-9-16-10-8-12)18-19(11)15(20)13-5-3-2-4-6-13/h2-10H,1H3. The number of nitrogens with zero attached hydrogens (tertiary/aromatic N) is 4. The highest BCUT2D eigenvalue weighted by atomic mass is 16.2. The van der Waals surface area contributed by atoms with E-state index in [1.807, 2.05) is 30.3 Å². The largest absolute Gasteiger partial charge is 0.279 e. The van der Waals surface area contributed by atoms with E-state index in [9.17, 15) is 4.79 Å². The van der Waals surface area contributed by atoms with E-state index in [4.69, 9.17) is 0 Å². The minimum absolute atomic E-state index is 0.184. The fourth-order valence-corrected chi connectivity index (χ4v) is 1.91. The molecule has 0 unspecified atom stereocenters. The van der Waals surface area contributed by atoms with Crippen LogP contribution in [0.15, 0.2) is 54.9 Å². The summed E-state index contributed by atoms with van der Waals surface area (Å²) in [6, 6.07) is 12.7. The molecule has 2 aromatic heterocycles. The van der Waals surface area contributed by atoms with Gasteiger partial charge < -0.3 is 0 Å². The molecule has 2 heterocycles. The first-order valence-corrected chi connectivity index (χ1v) is 6.19. The van der Waals surface area contributed by atoms with Crippen LogP contribution in [0.5, 0.6) is 0 Å². The highest BCUT2D eigenvalue weighted by molar-refractivity contribution is 5.95. The maximum absolute atomic E-state index is 12.4. The summed E-state index contributed by atoms with van der Waals surface area (Å²) in [7, 11) is 0. The minimum Gasteiger partial charge on any atom is -0.267 e. The molecule has 0 saturated carbocycles. The summed E-state index contributed by atoms with van der Waals surface area (Å²) >= 11 is 0. The quantitative estimate of drug-likeness (QED) is 0.712. The van der Waals surface area contributed by atoms with Gasteiger partial charge in [-0.2, -0.15) is 4.68 Å². The first-order chi connectivity index (χ1) is 9.75. The van der Waals surface area contributed by atoms with Gasteiger partial charge in [0.1, 0.15) is 5.82 Å². The van der Waals surface area contributed by atoms with Gasteiger partial charge in [-0.25, -0.2) is 4.98 Å². The van der Waals surface area contributed by atoms with E-state index in [2.05, 4.69) is 15.1 Å². The lowest BCUT2D eigenvalue weighted by atomic mass is 10.2. The van der Waals surface area contributed by atoms with E-state index in [0.29, 0.717) is 17.2 Å². The second-order valence-electron chi connectivity index (χ2n) is 4.30. The molecular weight excluding hydrogens is 252 g/mol. The predicted octanol–water partition coefficient (Wildman–Crippen LogP) is 2.34. The SMILES string of the molecule is Cc1nc(-c2ccncc2)nn1C(=O)c1ccccc1. The van der Waals surface area contributed by atoms with Gasteiger partial charge >= 0.3 is 0 Å². The Kier molecular flexibility index (Phi) is 3.09. The van der Waals surface area contributed by atoms with Gasteiger partial charge in [-0.05, 0) is 31.2 Å². The van der Waals surface area contributed by atoms with Gasteiger partial charge in [-0.15, -0.1) is 5.10 Å². The van der Waals surface area contributed by atoms with Crippen molar-refractivity contribution in [2.75, 3.05) is 0 Å². The Morgan fingerprint density at radius 2 is 1.75 bits per heavy atom. The van der Waals surface area contributed by atoms with E-state index in [0.717, 1.165) is 5.56 Å². The summed E-state index contributed by atoms with van der Waals surface area (Å²) in [6.45, 7) is 1.76. The van der Waals surface area contributed by atoms with Crippen LogP contribution in [0.2, 0.25) is 0 Å². The van der Waals surface area contributed by atoms with E-state index < -0.39 is 0 Å². The molecule has 0 N–H and O–H groups in total. The van der Waals surface area contributed by atoms with E-state index in [1.165, 1.54) is 4.68 Å². The summed E-state index contributed by atoms with van der Waals surface area (Å²) in [4.78, 5) is 20.6. The summed E-state index contributed by atoms with van der Waals surface area (Å²) in [5.74, 6) is 0.899. The molecule has 0 saturated heterocycles. The topological polar surface area (TPSA) is 60.7 Å². The fraction of sp³-hybridized carbons (Fsp3) is 0.0667. The van der Waals surface area contributed by atoms with Crippen LogP contribution < -0.4 is 0 Å². The Hall–Kier alpha value is -2.82. The molecule has 0 spiro atoms. The molecule has 0 aliphatic carbocycles. The molecule has 0 amide bonds. The molecule has 3 rings (SSSR count). The zero-order valence-corrected chi connectivity index (χ0v) is 10.9. The van der Waals surface area contributed by atoms with E-state index in [-0.39, 0.29) is 5.91 Å². The van der Waals surface area contributed by atoms with E-state index in [1.54, 1.807) is 31.5 Å². The lowest BCUT2D eigenvalue weighted by molar-refractivity contribution is 0.0942. The average molecular weight is 264 g/mol. The smallest absolute Gasteiger partial charge is 0.267 e. The Morgan fingerprint density at radius 1 is 1.05 bits per heavy atom. The summed E-state index contributed by atoms with van der Waals surface area (Å²) < 4.78 is 1.32. The first kappa shape index (κ1) is 12.2. The van der Waals surface area contributed by atoms with Crippen molar-refractivity contribution in [3.63, 3.8) is 0 Å². The van der Waals surface area contributed by atoms with Crippen molar-refractivity contribution in [3.8, 4) is 11.4 Å². The van der Waals surface area contributed by atoms with Crippen LogP contribution in [0.1, 0.15) is 16.2 Å². The Balaban J connectivity index is 2.00. The monoisotopic (exact) mass is 264 g/mol. The number of pyridine rings is 1. The van der Waals surface area contributed by atoms with Crippen molar-refractivity contribution in [2.24, 2.45) is 0 Å². The highest BCUT2D eigenvalue weighted by Gasteiger charge is 2.15. The van der Waals surface area contributed by atoms with Gasteiger partial charge in [0.2, 0.25) is 0 Å². The second-order valence-corrected chi connectivity index (χ2v) is 4.30. The lowest BCUT2D eigenvalue weighted by Crippen LogP contribution is -2.15. The molecule has 3 aromatic rings. The number of rotatable bonds is 2. The number of aryl methyl sites for hydroxylation is 1. The Bertz CT molecular complexity index is 735. The number of hydrogen-bond donors (Lipinski definition) is 0. The molecule has 0 bridgehead atoms. The number of carbonyl (C=O) groups is 1. The predicted molar refractivity (Wildman–Crippen MR) is 74.2 cm³/mol. The molecule has 20 heavy (non-hydrogen) atoms. The third-order valence-electron chi connectivity index (χ3n) is 2.92. The number of benzene rings is 1.